The maximum absolute atomic E-state index is 11.0. The van der Waals surface area contributed by atoms with Crippen LogP contribution in [0, 0.1) is 0 Å². The zero-order chi connectivity index (χ0) is 10.8. The molecule has 6 heteroatoms. The van der Waals surface area contributed by atoms with Gasteiger partial charge in [-0.1, -0.05) is 29.3 Å². The number of cyclic esters (lactones) is 1. The summed E-state index contributed by atoms with van der Waals surface area (Å²) in [6.07, 6.45) is 0.348. The molecule has 0 aromatic heterocycles. The van der Waals surface area contributed by atoms with Crippen LogP contribution in [0.4, 0.5) is 4.79 Å². The van der Waals surface area contributed by atoms with Gasteiger partial charge in [0.25, 0.3) is 0 Å². The minimum absolute atomic E-state index is 0. The minimum atomic E-state index is -0.391. The number of amides is 1. The van der Waals surface area contributed by atoms with Crippen molar-refractivity contribution in [2.75, 3.05) is 6.61 Å². The lowest BCUT2D eigenvalue weighted by molar-refractivity contribution is 0.115. The first kappa shape index (κ1) is 13.4. The fourth-order valence-electron chi connectivity index (χ4n) is 1.50. The molecule has 16 heavy (non-hydrogen) atoms. The van der Waals surface area contributed by atoms with Crippen molar-refractivity contribution < 1.29 is 9.53 Å². The zero-order valence-corrected chi connectivity index (χ0v) is 10.5. The molecule has 88 valence electrons. The molecule has 1 saturated heterocycles. The van der Waals surface area contributed by atoms with E-state index in [0.717, 1.165) is 12.0 Å². The molecule has 1 aromatic carbocycles. The normalized spacial score (nSPS) is 19.4. The van der Waals surface area contributed by atoms with Gasteiger partial charge in [-0.25, -0.2) is 4.79 Å². The number of nitrogens with one attached hydrogen (secondary N) is 1. The Kier molecular flexibility index (Phi) is 4.71. The lowest BCUT2D eigenvalue weighted by Crippen LogP contribution is -2.35. The van der Waals surface area contributed by atoms with E-state index >= 15 is 0 Å². The smallest absolute Gasteiger partial charge is 0.407 e. The van der Waals surface area contributed by atoms with Crippen LogP contribution in [0.25, 0.3) is 0 Å². The molecule has 2 rings (SSSR count). The molecule has 1 N–H and O–H groups in total. The summed E-state index contributed by atoms with van der Waals surface area (Å²) in [4.78, 5) is 11.0. The SMILES string of the molecule is Cl.O=C1N[C@H](c2ccc(Cl)c(Cl)c2)CCO1. The van der Waals surface area contributed by atoms with Crippen LogP contribution in [0.15, 0.2) is 18.2 Å². The van der Waals surface area contributed by atoms with Gasteiger partial charge in [0.05, 0.1) is 22.7 Å². The van der Waals surface area contributed by atoms with Gasteiger partial charge in [0.2, 0.25) is 0 Å². The van der Waals surface area contributed by atoms with Gasteiger partial charge in [-0.3, -0.25) is 0 Å². The number of hydrogen-bond acceptors (Lipinski definition) is 2. The highest BCUT2D eigenvalue weighted by molar-refractivity contribution is 6.42. The van der Waals surface area contributed by atoms with Gasteiger partial charge in [0.1, 0.15) is 0 Å². The van der Waals surface area contributed by atoms with Gasteiger partial charge in [-0.2, -0.15) is 0 Å². The zero-order valence-electron chi connectivity index (χ0n) is 8.20. The molecule has 0 radical (unpaired) electrons. The summed E-state index contributed by atoms with van der Waals surface area (Å²) in [5.41, 5.74) is 0.945. The molecule has 1 aliphatic rings. The van der Waals surface area contributed by atoms with Gasteiger partial charge in [0.15, 0.2) is 0 Å². The number of carbonyl (C=O) groups excluding carboxylic acids is 1. The van der Waals surface area contributed by atoms with Crippen molar-refractivity contribution in [3.05, 3.63) is 33.8 Å². The second kappa shape index (κ2) is 5.62. The summed E-state index contributed by atoms with van der Waals surface area (Å²) in [6, 6.07) is 5.30. The molecule has 1 fully saturated rings. The topological polar surface area (TPSA) is 38.3 Å². The highest BCUT2D eigenvalue weighted by Gasteiger charge is 2.20. The van der Waals surface area contributed by atoms with Crippen molar-refractivity contribution in [1.82, 2.24) is 5.32 Å². The van der Waals surface area contributed by atoms with Gasteiger partial charge in [-0.15, -0.1) is 12.4 Å². The van der Waals surface area contributed by atoms with E-state index in [1.807, 2.05) is 6.07 Å². The Morgan fingerprint density at radius 1 is 1.31 bits per heavy atom. The van der Waals surface area contributed by atoms with E-state index in [1.54, 1.807) is 12.1 Å². The molecule has 0 bridgehead atoms. The number of rotatable bonds is 1. The molecule has 0 spiro atoms. The molecule has 3 nitrogen and oxygen atoms in total. The van der Waals surface area contributed by atoms with Crippen LogP contribution in [0.1, 0.15) is 18.0 Å². The summed E-state index contributed by atoms with van der Waals surface area (Å²) in [7, 11) is 0. The van der Waals surface area contributed by atoms with Crippen LogP contribution in [0.3, 0.4) is 0 Å². The quantitative estimate of drug-likeness (QED) is 0.855. The summed E-state index contributed by atoms with van der Waals surface area (Å²) >= 11 is 11.7. The lowest BCUT2D eigenvalue weighted by Gasteiger charge is -2.23. The first-order valence-electron chi connectivity index (χ1n) is 4.55. The monoisotopic (exact) mass is 281 g/mol. The molecule has 1 amide bonds. The summed E-state index contributed by atoms with van der Waals surface area (Å²) in [6.45, 7) is 0.427. The van der Waals surface area contributed by atoms with Crippen molar-refractivity contribution in [2.45, 2.75) is 12.5 Å². The summed E-state index contributed by atoms with van der Waals surface area (Å²) in [5.74, 6) is 0. The highest BCUT2D eigenvalue weighted by atomic mass is 35.5. The average molecular weight is 283 g/mol. The molecule has 1 aromatic rings. The van der Waals surface area contributed by atoms with Crippen LogP contribution < -0.4 is 5.32 Å². The third-order valence-electron chi connectivity index (χ3n) is 2.28. The average Bonchev–Trinajstić information content (AvgIpc) is 2.22. The van der Waals surface area contributed by atoms with Gasteiger partial charge in [0, 0.05) is 6.42 Å². The Bertz CT molecular complexity index is 398. The predicted octanol–water partition coefficient (Wildman–Crippen LogP) is 3.59. The molecule has 1 atom stereocenters. The van der Waals surface area contributed by atoms with E-state index in [0.29, 0.717) is 16.7 Å². The largest absolute Gasteiger partial charge is 0.449 e. The third-order valence-corrected chi connectivity index (χ3v) is 3.02. The minimum Gasteiger partial charge on any atom is -0.449 e. The summed E-state index contributed by atoms with van der Waals surface area (Å²) < 4.78 is 4.77. The van der Waals surface area contributed by atoms with E-state index in [2.05, 4.69) is 5.32 Å². The Balaban J connectivity index is 0.00000128. The number of benzene rings is 1. The Morgan fingerprint density at radius 3 is 2.69 bits per heavy atom. The molecular weight excluding hydrogens is 272 g/mol. The molecule has 0 aliphatic carbocycles. The molecule has 0 saturated carbocycles. The maximum Gasteiger partial charge on any atom is 0.407 e. The number of ether oxygens (including phenoxy) is 1. The first-order chi connectivity index (χ1) is 7.16. The van der Waals surface area contributed by atoms with E-state index in [-0.39, 0.29) is 18.4 Å². The van der Waals surface area contributed by atoms with Crippen LogP contribution in [0.2, 0.25) is 10.0 Å². The van der Waals surface area contributed by atoms with Gasteiger partial charge >= 0.3 is 6.09 Å². The second-order valence-corrected chi connectivity index (χ2v) is 4.11. The van der Waals surface area contributed by atoms with Crippen molar-refractivity contribution in [1.29, 1.82) is 0 Å². The number of carbonyl (C=O) groups is 1. The second-order valence-electron chi connectivity index (χ2n) is 3.30. The molecule has 1 heterocycles. The van der Waals surface area contributed by atoms with Crippen molar-refractivity contribution in [3.8, 4) is 0 Å². The molecule has 1 aliphatic heterocycles. The first-order valence-corrected chi connectivity index (χ1v) is 5.30. The Hall–Kier alpha value is -0.640. The predicted molar refractivity (Wildman–Crippen MR) is 65.6 cm³/mol. The lowest BCUT2D eigenvalue weighted by atomic mass is 10.0. The van der Waals surface area contributed by atoms with E-state index in [1.165, 1.54) is 0 Å². The van der Waals surface area contributed by atoms with E-state index < -0.39 is 6.09 Å². The standard InChI is InChI=1S/C10H9Cl2NO2.ClH/c11-7-2-1-6(5-8(7)12)9-3-4-15-10(14)13-9;/h1-2,5,9H,3-4H2,(H,13,14);1H/t9-;/m0./s1. The van der Waals surface area contributed by atoms with Crippen molar-refractivity contribution in [2.24, 2.45) is 0 Å². The molecule has 0 unspecified atom stereocenters. The van der Waals surface area contributed by atoms with Gasteiger partial charge < -0.3 is 10.1 Å². The Labute approximate surface area is 109 Å². The van der Waals surface area contributed by atoms with Crippen LogP contribution in [-0.2, 0) is 4.74 Å². The fraction of sp³-hybridized carbons (Fsp3) is 0.300. The number of hydrogen-bond donors (Lipinski definition) is 1. The van der Waals surface area contributed by atoms with Crippen molar-refractivity contribution in [3.63, 3.8) is 0 Å². The summed E-state index contributed by atoms with van der Waals surface area (Å²) in [5, 5.41) is 3.72. The molecular formula is C10H10Cl3NO2. The highest BCUT2D eigenvalue weighted by Crippen LogP contribution is 2.27. The van der Waals surface area contributed by atoms with E-state index in [9.17, 15) is 4.79 Å². The fourth-order valence-corrected chi connectivity index (χ4v) is 1.81. The van der Waals surface area contributed by atoms with Crippen LogP contribution in [-0.4, -0.2) is 12.7 Å². The Morgan fingerprint density at radius 2 is 2.06 bits per heavy atom. The third kappa shape index (κ3) is 2.94. The van der Waals surface area contributed by atoms with Crippen LogP contribution in [0.5, 0.6) is 0 Å². The van der Waals surface area contributed by atoms with Gasteiger partial charge in [-0.05, 0) is 17.7 Å². The maximum atomic E-state index is 11.0. The number of halogens is 3. The van der Waals surface area contributed by atoms with E-state index in [4.69, 9.17) is 27.9 Å². The number of alkyl carbamates (subject to hydrolysis) is 1. The van der Waals surface area contributed by atoms with Crippen LogP contribution >= 0.6 is 35.6 Å². The van der Waals surface area contributed by atoms with Crippen molar-refractivity contribution >= 4 is 41.7 Å².